The molecular weight excluding hydrogens is 540 g/mol. The molecular formula is C33H33F2N3O4. The fraction of sp³-hybridized carbons (Fsp3) is 0.242. The van der Waals surface area contributed by atoms with Crippen molar-refractivity contribution in [2.24, 2.45) is 5.92 Å². The standard InChI is InChI=1S/C33H33F2N3O4/c1-33(30-16-7-24(34)19-31(30)35)20-23(22-41-33)21-40-28-14-12-26(13-15-28)37-18-17-36-25-8-10-27(11-9-25)38-32(39)42-29-5-3-2-4-6-29/h2-16,19,23,36-37H,17-18,20-22H2,1H3,(H,38,39)/t23-,33-/m1/s1. The summed E-state index contributed by atoms with van der Waals surface area (Å²) in [5.74, 6) is 0.119. The predicted molar refractivity (Wildman–Crippen MR) is 159 cm³/mol. The predicted octanol–water partition coefficient (Wildman–Crippen LogP) is 7.43. The van der Waals surface area contributed by atoms with Gasteiger partial charge in [0.2, 0.25) is 0 Å². The fourth-order valence-corrected chi connectivity index (χ4v) is 4.89. The third kappa shape index (κ3) is 7.76. The molecule has 0 unspecified atom stereocenters. The van der Waals surface area contributed by atoms with E-state index in [0.29, 0.717) is 49.7 Å². The molecule has 0 bridgehead atoms. The Labute approximate surface area is 243 Å². The first kappa shape index (κ1) is 28.9. The normalized spacial score (nSPS) is 17.8. The second-order valence-electron chi connectivity index (χ2n) is 10.3. The van der Waals surface area contributed by atoms with Crippen molar-refractivity contribution in [3.8, 4) is 11.5 Å². The molecule has 4 aromatic carbocycles. The van der Waals surface area contributed by atoms with Gasteiger partial charge in [-0.05, 0) is 80.1 Å². The highest BCUT2D eigenvalue weighted by molar-refractivity contribution is 5.86. The summed E-state index contributed by atoms with van der Waals surface area (Å²) < 4.78 is 44.7. The van der Waals surface area contributed by atoms with Crippen LogP contribution in [0.2, 0.25) is 0 Å². The van der Waals surface area contributed by atoms with Crippen molar-refractivity contribution in [1.29, 1.82) is 0 Å². The summed E-state index contributed by atoms with van der Waals surface area (Å²) in [5.41, 5.74) is 2.09. The number of anilines is 3. The van der Waals surface area contributed by atoms with Gasteiger partial charge >= 0.3 is 6.09 Å². The lowest BCUT2D eigenvalue weighted by molar-refractivity contribution is 0.0121. The van der Waals surface area contributed by atoms with Gasteiger partial charge in [0.25, 0.3) is 0 Å². The van der Waals surface area contributed by atoms with Crippen LogP contribution in [-0.2, 0) is 10.3 Å². The molecule has 1 aliphatic rings. The average molecular weight is 574 g/mol. The monoisotopic (exact) mass is 573 g/mol. The van der Waals surface area contributed by atoms with E-state index >= 15 is 0 Å². The summed E-state index contributed by atoms with van der Waals surface area (Å²) in [6.45, 7) is 4.10. The van der Waals surface area contributed by atoms with Gasteiger partial charge in [0.05, 0.1) is 18.8 Å². The average Bonchev–Trinajstić information content (AvgIpc) is 3.37. The summed E-state index contributed by atoms with van der Waals surface area (Å²) in [5, 5.41) is 9.41. The highest BCUT2D eigenvalue weighted by atomic mass is 19.1. The molecule has 1 amide bonds. The van der Waals surface area contributed by atoms with E-state index < -0.39 is 23.3 Å². The number of benzene rings is 4. The van der Waals surface area contributed by atoms with Crippen LogP contribution in [0.5, 0.6) is 11.5 Å². The molecule has 0 aromatic heterocycles. The summed E-state index contributed by atoms with van der Waals surface area (Å²) in [6, 6.07) is 27.6. The smallest absolute Gasteiger partial charge is 0.417 e. The summed E-state index contributed by atoms with van der Waals surface area (Å²) in [6.07, 6.45) is 0.0407. The third-order valence-corrected chi connectivity index (χ3v) is 7.02. The van der Waals surface area contributed by atoms with Gasteiger partial charge in [-0.25, -0.2) is 13.6 Å². The highest BCUT2D eigenvalue weighted by Crippen LogP contribution is 2.40. The Hall–Kier alpha value is -4.63. The van der Waals surface area contributed by atoms with Gasteiger partial charge in [-0.2, -0.15) is 0 Å². The molecule has 5 rings (SSSR count). The number of hydrogen-bond acceptors (Lipinski definition) is 6. The van der Waals surface area contributed by atoms with Crippen molar-refractivity contribution in [2.75, 3.05) is 42.3 Å². The number of para-hydroxylation sites is 1. The second-order valence-corrected chi connectivity index (χ2v) is 10.3. The molecule has 1 heterocycles. The lowest BCUT2D eigenvalue weighted by Crippen LogP contribution is -2.22. The number of carbonyl (C=O) groups excluding carboxylic acids is 1. The van der Waals surface area contributed by atoms with E-state index in [-0.39, 0.29) is 5.92 Å². The Bertz CT molecular complexity index is 1470. The number of ether oxygens (including phenoxy) is 3. The van der Waals surface area contributed by atoms with Crippen molar-refractivity contribution < 1.29 is 27.8 Å². The number of rotatable bonds is 11. The summed E-state index contributed by atoms with van der Waals surface area (Å²) >= 11 is 0. The molecule has 1 fully saturated rings. The Morgan fingerprint density at radius 1 is 0.857 bits per heavy atom. The minimum absolute atomic E-state index is 0.0938. The number of amides is 1. The van der Waals surface area contributed by atoms with E-state index in [1.807, 2.05) is 49.4 Å². The fourth-order valence-electron chi connectivity index (χ4n) is 4.89. The lowest BCUT2D eigenvalue weighted by Gasteiger charge is -2.24. The number of hydrogen-bond donors (Lipinski definition) is 3. The van der Waals surface area contributed by atoms with E-state index in [9.17, 15) is 13.6 Å². The molecule has 2 atom stereocenters. The van der Waals surface area contributed by atoms with E-state index in [2.05, 4.69) is 16.0 Å². The van der Waals surface area contributed by atoms with Gasteiger partial charge < -0.3 is 24.8 Å². The Kier molecular flexibility index (Phi) is 9.18. The van der Waals surface area contributed by atoms with Gasteiger partial charge in [0.1, 0.15) is 23.1 Å². The number of carbonyl (C=O) groups is 1. The quantitative estimate of drug-likeness (QED) is 0.162. The molecule has 1 aliphatic heterocycles. The molecule has 4 aromatic rings. The zero-order valence-corrected chi connectivity index (χ0v) is 23.2. The second kappa shape index (κ2) is 13.4. The first-order chi connectivity index (χ1) is 20.4. The summed E-state index contributed by atoms with van der Waals surface area (Å²) in [7, 11) is 0. The lowest BCUT2D eigenvalue weighted by atomic mass is 9.89. The molecule has 0 saturated carbocycles. The van der Waals surface area contributed by atoms with Crippen molar-refractivity contribution in [3.05, 3.63) is 114 Å². The number of halogens is 2. The van der Waals surface area contributed by atoms with Crippen LogP contribution in [0, 0.1) is 17.6 Å². The van der Waals surface area contributed by atoms with Gasteiger partial charge in [0, 0.05) is 47.7 Å². The van der Waals surface area contributed by atoms with Gasteiger partial charge in [0.15, 0.2) is 0 Å². The van der Waals surface area contributed by atoms with Crippen LogP contribution < -0.4 is 25.4 Å². The molecule has 3 N–H and O–H groups in total. The minimum atomic E-state index is -0.803. The minimum Gasteiger partial charge on any atom is -0.493 e. The van der Waals surface area contributed by atoms with Gasteiger partial charge in [-0.3, -0.25) is 5.32 Å². The van der Waals surface area contributed by atoms with Crippen LogP contribution in [0.3, 0.4) is 0 Å². The van der Waals surface area contributed by atoms with Crippen LogP contribution in [0.4, 0.5) is 30.6 Å². The molecule has 1 saturated heterocycles. The maximum Gasteiger partial charge on any atom is 0.417 e. The molecule has 9 heteroatoms. The van der Waals surface area contributed by atoms with Crippen LogP contribution >= 0.6 is 0 Å². The molecule has 218 valence electrons. The van der Waals surface area contributed by atoms with E-state index in [1.165, 1.54) is 12.1 Å². The van der Waals surface area contributed by atoms with Crippen molar-refractivity contribution in [2.45, 2.75) is 18.9 Å². The zero-order chi connectivity index (χ0) is 29.4. The molecule has 42 heavy (non-hydrogen) atoms. The summed E-state index contributed by atoms with van der Waals surface area (Å²) in [4.78, 5) is 12.0. The molecule has 7 nitrogen and oxygen atoms in total. The Balaban J connectivity index is 0.995. The Morgan fingerprint density at radius 3 is 2.17 bits per heavy atom. The van der Waals surface area contributed by atoms with Crippen LogP contribution in [0.15, 0.2) is 97.1 Å². The molecule has 0 spiro atoms. The number of nitrogens with one attached hydrogen (secondary N) is 3. The first-order valence-corrected chi connectivity index (χ1v) is 13.8. The van der Waals surface area contributed by atoms with Crippen molar-refractivity contribution in [1.82, 2.24) is 0 Å². The maximum absolute atomic E-state index is 14.3. The van der Waals surface area contributed by atoms with Crippen molar-refractivity contribution in [3.63, 3.8) is 0 Å². The van der Waals surface area contributed by atoms with Crippen LogP contribution in [0.25, 0.3) is 0 Å². The largest absolute Gasteiger partial charge is 0.493 e. The van der Waals surface area contributed by atoms with E-state index in [0.717, 1.165) is 23.2 Å². The first-order valence-electron chi connectivity index (χ1n) is 13.8. The maximum atomic E-state index is 14.3. The SMILES string of the molecule is C[C@]1(c2ccc(F)cc2F)C[C@H](COc2ccc(NCCNc3ccc(NC(=O)Oc4ccccc4)cc3)cc2)CO1. The van der Waals surface area contributed by atoms with Crippen molar-refractivity contribution >= 4 is 23.2 Å². The molecule has 0 radical (unpaired) electrons. The zero-order valence-electron chi connectivity index (χ0n) is 23.2. The highest BCUT2D eigenvalue weighted by Gasteiger charge is 2.40. The third-order valence-electron chi connectivity index (χ3n) is 7.02. The van der Waals surface area contributed by atoms with Crippen LogP contribution in [-0.4, -0.2) is 32.4 Å². The van der Waals surface area contributed by atoms with E-state index in [1.54, 1.807) is 36.4 Å². The van der Waals surface area contributed by atoms with Gasteiger partial charge in [-0.15, -0.1) is 0 Å². The molecule has 0 aliphatic carbocycles. The van der Waals surface area contributed by atoms with Crippen LogP contribution in [0.1, 0.15) is 18.9 Å². The van der Waals surface area contributed by atoms with Gasteiger partial charge in [-0.1, -0.05) is 24.3 Å². The van der Waals surface area contributed by atoms with E-state index in [4.69, 9.17) is 14.2 Å². The topological polar surface area (TPSA) is 80.9 Å². The Morgan fingerprint density at radius 2 is 1.50 bits per heavy atom.